The first-order valence-electron chi connectivity index (χ1n) is 5.13. The van der Waals surface area contributed by atoms with E-state index in [1.165, 1.54) is 6.20 Å². The summed E-state index contributed by atoms with van der Waals surface area (Å²) in [5, 5.41) is 0.793. The molecule has 0 spiro atoms. The molecule has 0 aliphatic heterocycles. The highest BCUT2D eigenvalue weighted by Crippen LogP contribution is 2.25. The summed E-state index contributed by atoms with van der Waals surface area (Å²) in [5.41, 5.74) is 0.955. The summed E-state index contributed by atoms with van der Waals surface area (Å²) in [6.45, 7) is 1.94. The second kappa shape index (κ2) is 5.54. The quantitative estimate of drug-likeness (QED) is 0.793. The molecule has 0 aromatic carbocycles. The Hall–Kier alpha value is -0.660. The molecule has 0 saturated carbocycles. The Balaban J connectivity index is 2.64. The third kappa shape index (κ3) is 2.67. The maximum Gasteiger partial charge on any atom is 0.264 e. The molecule has 4 nitrogen and oxygen atoms in total. The van der Waals surface area contributed by atoms with E-state index in [2.05, 4.69) is 15.0 Å². The smallest absolute Gasteiger partial charge is 0.264 e. The molecule has 2 heterocycles. The van der Waals surface area contributed by atoms with E-state index in [4.69, 9.17) is 23.2 Å². The van der Waals surface area contributed by atoms with Crippen molar-refractivity contribution in [1.29, 1.82) is 0 Å². The van der Waals surface area contributed by atoms with E-state index in [1.807, 2.05) is 29.5 Å². The normalized spacial score (nSPS) is 10.7. The predicted octanol–water partition coefficient (Wildman–Crippen LogP) is 3.31. The average Bonchev–Trinajstić information content (AvgIpc) is 2.32. The maximum atomic E-state index is 11.8. The lowest BCUT2D eigenvalue weighted by Gasteiger charge is -2.06. The Kier molecular flexibility index (Phi) is 4.24. The Morgan fingerprint density at radius 3 is 2.78 bits per heavy atom. The third-order valence-corrected chi connectivity index (χ3v) is 3.91. The number of nitrogens with zero attached hydrogens (tertiary/aromatic N) is 2. The molecule has 2 aromatic heterocycles. The van der Waals surface area contributed by atoms with Gasteiger partial charge in [0.1, 0.15) is 5.69 Å². The first kappa shape index (κ1) is 13.8. The molecule has 0 amide bonds. The van der Waals surface area contributed by atoms with Gasteiger partial charge in [0.05, 0.1) is 19.3 Å². The monoisotopic (exact) mass is 395 g/mol. The molecule has 0 fully saturated rings. The molecule has 0 aliphatic rings. The van der Waals surface area contributed by atoms with Crippen LogP contribution in [0.3, 0.4) is 0 Å². The van der Waals surface area contributed by atoms with Crippen molar-refractivity contribution in [3.8, 4) is 11.5 Å². The van der Waals surface area contributed by atoms with Gasteiger partial charge in [-0.1, -0.05) is 30.1 Å². The number of pyridine rings is 1. The number of hydrogen-bond acceptors (Lipinski definition) is 3. The van der Waals surface area contributed by atoms with Crippen LogP contribution in [-0.4, -0.2) is 15.0 Å². The Morgan fingerprint density at radius 2 is 2.17 bits per heavy atom. The van der Waals surface area contributed by atoms with Crippen LogP contribution in [0.25, 0.3) is 11.5 Å². The average molecular weight is 396 g/mol. The largest absolute Gasteiger partial charge is 0.304 e. The van der Waals surface area contributed by atoms with E-state index >= 15 is 0 Å². The summed E-state index contributed by atoms with van der Waals surface area (Å²) in [6.07, 6.45) is 2.13. The van der Waals surface area contributed by atoms with Crippen molar-refractivity contribution in [2.45, 2.75) is 13.3 Å². The zero-order valence-electron chi connectivity index (χ0n) is 9.30. The van der Waals surface area contributed by atoms with E-state index in [1.54, 1.807) is 6.07 Å². The van der Waals surface area contributed by atoms with Gasteiger partial charge in [0.25, 0.3) is 5.56 Å². The van der Waals surface area contributed by atoms with Crippen LogP contribution in [0.1, 0.15) is 12.6 Å². The second-order valence-electron chi connectivity index (χ2n) is 3.51. The molecule has 1 N–H and O–H groups in total. The third-order valence-electron chi connectivity index (χ3n) is 2.30. The summed E-state index contributed by atoms with van der Waals surface area (Å²) in [4.78, 5) is 22.9. The molecule has 7 heteroatoms. The van der Waals surface area contributed by atoms with Crippen molar-refractivity contribution >= 4 is 45.8 Å². The van der Waals surface area contributed by atoms with Crippen LogP contribution < -0.4 is 5.56 Å². The zero-order chi connectivity index (χ0) is 13.3. The number of nitrogens with one attached hydrogen (secondary N) is 1. The summed E-state index contributed by atoms with van der Waals surface area (Å²) in [5.74, 6) is 0.360. The van der Waals surface area contributed by atoms with Crippen LogP contribution in [0.15, 0.2) is 17.1 Å². The van der Waals surface area contributed by atoms with Crippen LogP contribution in [0.5, 0.6) is 0 Å². The van der Waals surface area contributed by atoms with Gasteiger partial charge in [-0.3, -0.25) is 4.79 Å². The van der Waals surface area contributed by atoms with Crippen LogP contribution in [0.2, 0.25) is 10.0 Å². The molecule has 0 radical (unpaired) electrons. The summed E-state index contributed by atoms with van der Waals surface area (Å²) in [6, 6.07) is 1.56. The number of H-pyrrole nitrogens is 1. The van der Waals surface area contributed by atoms with E-state index in [9.17, 15) is 4.79 Å². The molecular weight excluding hydrogens is 388 g/mol. The number of aromatic nitrogens is 3. The highest BCUT2D eigenvalue weighted by Gasteiger charge is 2.12. The minimum Gasteiger partial charge on any atom is -0.304 e. The lowest BCUT2D eigenvalue weighted by atomic mass is 10.3. The van der Waals surface area contributed by atoms with Crippen molar-refractivity contribution in [2.75, 3.05) is 0 Å². The van der Waals surface area contributed by atoms with Gasteiger partial charge in [-0.2, -0.15) is 0 Å². The fourth-order valence-corrected chi connectivity index (χ4v) is 2.55. The van der Waals surface area contributed by atoms with Crippen molar-refractivity contribution in [3.63, 3.8) is 0 Å². The lowest BCUT2D eigenvalue weighted by molar-refractivity contribution is 0.962. The van der Waals surface area contributed by atoms with Crippen LogP contribution in [0.4, 0.5) is 0 Å². The van der Waals surface area contributed by atoms with Gasteiger partial charge in [0, 0.05) is 6.20 Å². The van der Waals surface area contributed by atoms with E-state index in [-0.39, 0.29) is 5.56 Å². The van der Waals surface area contributed by atoms with E-state index < -0.39 is 0 Å². The van der Waals surface area contributed by atoms with Crippen molar-refractivity contribution in [2.24, 2.45) is 0 Å². The Labute approximate surface area is 127 Å². The van der Waals surface area contributed by atoms with Gasteiger partial charge in [-0.25, -0.2) is 9.97 Å². The fraction of sp³-hybridized carbons (Fsp3) is 0.182. The van der Waals surface area contributed by atoms with Gasteiger partial charge in [0.2, 0.25) is 0 Å². The molecule has 2 rings (SSSR count). The molecule has 0 bridgehead atoms. The molecule has 0 atom stereocenters. The standard InChI is InChI=1S/C11H8Cl2IN3O/c1-2-7-8(14)11(18)17-10(16-7)9-6(13)3-5(12)4-15-9/h3-4H,2H2,1H3,(H,16,17,18). The van der Waals surface area contributed by atoms with Crippen molar-refractivity contribution < 1.29 is 0 Å². The van der Waals surface area contributed by atoms with Crippen LogP contribution >= 0.6 is 45.8 Å². The highest BCUT2D eigenvalue weighted by molar-refractivity contribution is 14.1. The Morgan fingerprint density at radius 1 is 1.44 bits per heavy atom. The van der Waals surface area contributed by atoms with Gasteiger partial charge in [-0.05, 0) is 35.1 Å². The minimum absolute atomic E-state index is 0.190. The molecule has 2 aromatic rings. The lowest BCUT2D eigenvalue weighted by Crippen LogP contribution is -2.16. The summed E-state index contributed by atoms with van der Waals surface area (Å²) < 4.78 is 0.587. The van der Waals surface area contributed by atoms with Gasteiger partial charge < -0.3 is 4.98 Å². The van der Waals surface area contributed by atoms with Crippen molar-refractivity contribution in [3.05, 3.63) is 41.9 Å². The van der Waals surface area contributed by atoms with Gasteiger partial charge >= 0.3 is 0 Å². The topological polar surface area (TPSA) is 58.6 Å². The van der Waals surface area contributed by atoms with E-state index in [0.29, 0.717) is 31.6 Å². The second-order valence-corrected chi connectivity index (χ2v) is 5.44. The molecule has 0 unspecified atom stereocenters. The molecule has 0 saturated heterocycles. The first-order chi connectivity index (χ1) is 8.52. The maximum absolute atomic E-state index is 11.8. The predicted molar refractivity (Wildman–Crippen MR) is 80.2 cm³/mol. The number of rotatable bonds is 2. The van der Waals surface area contributed by atoms with Crippen LogP contribution in [0, 0.1) is 3.57 Å². The summed E-state index contributed by atoms with van der Waals surface area (Å²) in [7, 11) is 0. The number of aryl methyl sites for hydroxylation is 1. The first-order valence-corrected chi connectivity index (χ1v) is 6.96. The summed E-state index contributed by atoms with van der Waals surface area (Å²) >= 11 is 13.8. The number of aromatic amines is 1. The zero-order valence-corrected chi connectivity index (χ0v) is 13.0. The Bertz CT molecular complexity index is 657. The van der Waals surface area contributed by atoms with Gasteiger partial charge in [0.15, 0.2) is 5.82 Å². The molecule has 94 valence electrons. The fourth-order valence-electron chi connectivity index (χ4n) is 1.44. The van der Waals surface area contributed by atoms with E-state index in [0.717, 1.165) is 5.69 Å². The van der Waals surface area contributed by atoms with Gasteiger partial charge in [-0.15, -0.1) is 0 Å². The SMILES string of the molecule is CCc1nc(-c2ncc(Cl)cc2Cl)[nH]c(=O)c1I. The number of hydrogen-bond donors (Lipinski definition) is 1. The minimum atomic E-state index is -0.190. The molecular formula is C11H8Cl2IN3O. The highest BCUT2D eigenvalue weighted by atomic mass is 127. The van der Waals surface area contributed by atoms with Crippen molar-refractivity contribution in [1.82, 2.24) is 15.0 Å². The molecule has 18 heavy (non-hydrogen) atoms. The van der Waals surface area contributed by atoms with Crippen LogP contribution in [-0.2, 0) is 6.42 Å². The molecule has 0 aliphatic carbocycles. The number of halogens is 3.